The van der Waals surface area contributed by atoms with Crippen molar-refractivity contribution in [1.82, 2.24) is 5.32 Å². The van der Waals surface area contributed by atoms with E-state index in [4.69, 9.17) is 10.9 Å². The third-order valence-corrected chi connectivity index (χ3v) is 2.25. The molecule has 0 aliphatic rings. The lowest BCUT2D eigenvalue weighted by atomic mass is 10.2. The Bertz CT molecular complexity index is 463. The van der Waals surface area contributed by atoms with Crippen LogP contribution in [0.3, 0.4) is 0 Å². The van der Waals surface area contributed by atoms with Crippen molar-refractivity contribution in [2.75, 3.05) is 0 Å². The zero-order valence-corrected chi connectivity index (χ0v) is 10.0. The monoisotopic (exact) mass is 273 g/mol. The summed E-state index contributed by atoms with van der Waals surface area (Å²) < 4.78 is 28.0. The number of nitrogens with two attached hydrogens (primary N) is 1. The van der Waals surface area contributed by atoms with Crippen LogP contribution in [0.4, 0.5) is 8.78 Å². The van der Waals surface area contributed by atoms with Crippen molar-refractivity contribution in [2.45, 2.75) is 19.6 Å². The topological polar surface area (TPSA) is 96.9 Å². The van der Waals surface area contributed by atoms with E-state index in [1.807, 2.05) is 0 Å². The van der Waals surface area contributed by atoms with Gasteiger partial charge in [-0.15, -0.1) is 0 Å². The lowest BCUT2D eigenvalue weighted by molar-refractivity contribution is -0.0498. The number of amides is 1. The Morgan fingerprint density at radius 2 is 2.00 bits per heavy atom. The van der Waals surface area contributed by atoms with Gasteiger partial charge in [-0.25, -0.2) is 0 Å². The molecule has 0 aliphatic heterocycles. The average molecular weight is 273 g/mol. The van der Waals surface area contributed by atoms with Crippen molar-refractivity contribution in [3.63, 3.8) is 0 Å². The van der Waals surface area contributed by atoms with Gasteiger partial charge in [0.2, 0.25) is 0 Å². The summed E-state index contributed by atoms with van der Waals surface area (Å²) in [5, 5.41) is 13.7. The minimum absolute atomic E-state index is 0.0453. The van der Waals surface area contributed by atoms with Crippen LogP contribution < -0.4 is 15.8 Å². The van der Waals surface area contributed by atoms with Crippen LogP contribution in [0.1, 0.15) is 17.3 Å². The van der Waals surface area contributed by atoms with Crippen LogP contribution in [0.5, 0.6) is 5.75 Å². The van der Waals surface area contributed by atoms with Gasteiger partial charge in [-0.1, -0.05) is 5.16 Å². The summed E-state index contributed by atoms with van der Waals surface area (Å²) in [6.07, 6.45) is 0. The Hall–Kier alpha value is -2.38. The zero-order chi connectivity index (χ0) is 14.4. The maximum Gasteiger partial charge on any atom is 0.387 e. The molecular weight excluding hydrogens is 260 g/mol. The Morgan fingerprint density at radius 3 is 2.47 bits per heavy atom. The van der Waals surface area contributed by atoms with E-state index in [2.05, 4.69) is 15.2 Å². The molecular formula is C11H13F2N3O3. The first-order valence-electron chi connectivity index (χ1n) is 5.27. The highest BCUT2D eigenvalue weighted by atomic mass is 19.3. The number of carbonyl (C=O) groups excluding carboxylic acids is 1. The SMILES string of the molecule is CC(NC(=O)c1ccc(OC(F)F)cc1)/C(N)=N/O. The van der Waals surface area contributed by atoms with Crippen molar-refractivity contribution in [2.24, 2.45) is 10.9 Å². The fraction of sp³-hybridized carbons (Fsp3) is 0.273. The first-order chi connectivity index (χ1) is 8.93. The maximum absolute atomic E-state index is 11.9. The largest absolute Gasteiger partial charge is 0.435 e. The molecule has 19 heavy (non-hydrogen) atoms. The third-order valence-electron chi connectivity index (χ3n) is 2.25. The molecule has 0 aromatic heterocycles. The molecule has 8 heteroatoms. The second-order valence-electron chi connectivity index (χ2n) is 3.62. The molecule has 0 spiro atoms. The number of oxime groups is 1. The van der Waals surface area contributed by atoms with Crippen molar-refractivity contribution in [3.8, 4) is 5.75 Å². The number of nitrogens with zero attached hydrogens (tertiary/aromatic N) is 1. The van der Waals surface area contributed by atoms with Gasteiger partial charge in [0.05, 0.1) is 6.04 Å². The number of alkyl halides is 2. The molecule has 1 unspecified atom stereocenters. The predicted octanol–water partition coefficient (Wildman–Crippen LogP) is 1.15. The standard InChI is InChI=1S/C11H13F2N3O3/c1-6(9(14)16-18)15-10(17)7-2-4-8(5-3-7)19-11(12)13/h2-6,11,18H,1H3,(H2,14,16)(H,15,17). The molecule has 0 saturated heterocycles. The lowest BCUT2D eigenvalue weighted by Gasteiger charge is -2.12. The van der Waals surface area contributed by atoms with Crippen LogP contribution in [0.25, 0.3) is 0 Å². The third kappa shape index (κ3) is 4.41. The summed E-state index contributed by atoms with van der Waals surface area (Å²) in [5.41, 5.74) is 5.54. The van der Waals surface area contributed by atoms with Crippen molar-refractivity contribution in [3.05, 3.63) is 29.8 Å². The van der Waals surface area contributed by atoms with Gasteiger partial charge in [0.25, 0.3) is 5.91 Å². The number of hydrogen-bond acceptors (Lipinski definition) is 4. The Balaban J connectivity index is 2.68. The normalized spacial score (nSPS) is 13.2. The molecule has 1 aromatic rings. The fourth-order valence-corrected chi connectivity index (χ4v) is 1.23. The number of halogens is 2. The molecule has 0 radical (unpaired) electrons. The Morgan fingerprint density at radius 1 is 1.42 bits per heavy atom. The van der Waals surface area contributed by atoms with Crippen molar-refractivity contribution >= 4 is 11.7 Å². The molecule has 0 saturated carbocycles. The molecule has 6 nitrogen and oxygen atoms in total. The quantitative estimate of drug-likeness (QED) is 0.324. The molecule has 4 N–H and O–H groups in total. The van der Waals surface area contributed by atoms with Gasteiger partial charge in [-0.2, -0.15) is 8.78 Å². The van der Waals surface area contributed by atoms with E-state index in [0.717, 1.165) is 0 Å². The summed E-state index contributed by atoms with van der Waals surface area (Å²) in [6, 6.07) is 4.48. The molecule has 0 fully saturated rings. The lowest BCUT2D eigenvalue weighted by Crippen LogP contribution is -2.42. The maximum atomic E-state index is 11.9. The highest BCUT2D eigenvalue weighted by Gasteiger charge is 2.13. The van der Waals surface area contributed by atoms with Gasteiger partial charge in [0.15, 0.2) is 5.84 Å². The van der Waals surface area contributed by atoms with Crippen LogP contribution in [-0.2, 0) is 0 Å². The summed E-state index contributed by atoms with van der Waals surface area (Å²) in [7, 11) is 0. The van der Waals surface area contributed by atoms with Gasteiger partial charge in [0, 0.05) is 5.56 Å². The Labute approximate surface area is 107 Å². The number of carbonyl (C=O) groups is 1. The van der Waals surface area contributed by atoms with E-state index in [9.17, 15) is 13.6 Å². The van der Waals surface area contributed by atoms with Crippen LogP contribution in [0, 0.1) is 0 Å². The molecule has 1 amide bonds. The van der Waals surface area contributed by atoms with Gasteiger partial charge in [-0.05, 0) is 31.2 Å². The average Bonchev–Trinajstić information content (AvgIpc) is 2.37. The molecule has 1 rings (SSSR count). The molecule has 0 bridgehead atoms. The number of nitrogens with one attached hydrogen (secondary N) is 1. The number of amidine groups is 1. The van der Waals surface area contributed by atoms with Gasteiger partial charge < -0.3 is 21.0 Å². The van der Waals surface area contributed by atoms with Crippen LogP contribution >= 0.6 is 0 Å². The summed E-state index contributed by atoms with van der Waals surface area (Å²) in [5.74, 6) is -0.676. The van der Waals surface area contributed by atoms with E-state index in [1.54, 1.807) is 0 Å². The van der Waals surface area contributed by atoms with E-state index >= 15 is 0 Å². The van der Waals surface area contributed by atoms with E-state index in [0.29, 0.717) is 0 Å². The number of ether oxygens (including phenoxy) is 1. The fourth-order valence-electron chi connectivity index (χ4n) is 1.23. The highest BCUT2D eigenvalue weighted by Crippen LogP contribution is 2.14. The smallest absolute Gasteiger partial charge is 0.387 e. The predicted molar refractivity (Wildman–Crippen MR) is 63.4 cm³/mol. The van der Waals surface area contributed by atoms with Crippen LogP contribution in [0.2, 0.25) is 0 Å². The van der Waals surface area contributed by atoms with Crippen molar-refractivity contribution in [1.29, 1.82) is 0 Å². The molecule has 104 valence electrons. The summed E-state index contributed by atoms with van der Waals surface area (Å²) in [6.45, 7) is -1.39. The van der Waals surface area contributed by atoms with Gasteiger partial charge in [0.1, 0.15) is 5.75 Å². The number of hydrogen-bond donors (Lipinski definition) is 3. The minimum atomic E-state index is -2.92. The number of benzene rings is 1. The summed E-state index contributed by atoms with van der Waals surface area (Å²) in [4.78, 5) is 11.7. The van der Waals surface area contributed by atoms with Gasteiger partial charge in [-0.3, -0.25) is 4.79 Å². The van der Waals surface area contributed by atoms with E-state index < -0.39 is 18.6 Å². The first kappa shape index (κ1) is 14.7. The molecule has 1 aromatic carbocycles. The van der Waals surface area contributed by atoms with Crippen molar-refractivity contribution < 1.29 is 23.5 Å². The Kier molecular flexibility index (Phi) is 5.04. The van der Waals surface area contributed by atoms with Gasteiger partial charge >= 0.3 is 6.61 Å². The molecule has 0 heterocycles. The number of rotatable bonds is 5. The molecule has 0 aliphatic carbocycles. The second-order valence-corrected chi connectivity index (χ2v) is 3.62. The summed E-state index contributed by atoms with van der Waals surface area (Å²) >= 11 is 0. The van der Waals surface area contributed by atoms with Crippen LogP contribution in [0.15, 0.2) is 29.4 Å². The first-order valence-corrected chi connectivity index (χ1v) is 5.27. The minimum Gasteiger partial charge on any atom is -0.435 e. The van der Waals surface area contributed by atoms with Crippen LogP contribution in [-0.4, -0.2) is 29.6 Å². The molecule has 1 atom stereocenters. The highest BCUT2D eigenvalue weighted by molar-refractivity contribution is 5.98. The second kappa shape index (κ2) is 6.53. The van der Waals surface area contributed by atoms with E-state index in [-0.39, 0.29) is 17.1 Å². The zero-order valence-electron chi connectivity index (χ0n) is 10.0. The van der Waals surface area contributed by atoms with E-state index in [1.165, 1.54) is 31.2 Å².